The fourth-order valence-corrected chi connectivity index (χ4v) is 3.57. The van der Waals surface area contributed by atoms with Crippen molar-refractivity contribution in [1.29, 1.82) is 0 Å². The molecule has 1 aliphatic rings. The van der Waals surface area contributed by atoms with Gasteiger partial charge in [0.05, 0.1) is 11.2 Å². The second-order valence-electron chi connectivity index (χ2n) is 4.22. The zero-order valence-electron chi connectivity index (χ0n) is 8.32. The lowest BCUT2D eigenvalue weighted by Crippen LogP contribution is -2.39. The quantitative estimate of drug-likeness (QED) is 0.772. The van der Waals surface area contributed by atoms with Crippen LogP contribution in [0.15, 0.2) is 0 Å². The SMILES string of the molecule is CS(=O)(=O)CC1(C(=O)O)CCCCC1. The lowest BCUT2D eigenvalue weighted by atomic mass is 9.76. The Bertz CT molecular complexity index is 312. The first-order valence-corrected chi connectivity index (χ1v) is 6.83. The average molecular weight is 220 g/mol. The molecule has 14 heavy (non-hydrogen) atoms. The molecule has 82 valence electrons. The third-order valence-corrected chi connectivity index (χ3v) is 3.88. The normalized spacial score (nSPS) is 21.8. The molecule has 0 aromatic rings. The molecular formula is C9H16O4S. The number of hydrogen-bond acceptors (Lipinski definition) is 3. The Kier molecular flexibility index (Phi) is 3.19. The van der Waals surface area contributed by atoms with Gasteiger partial charge in [-0.1, -0.05) is 19.3 Å². The van der Waals surface area contributed by atoms with Crippen molar-refractivity contribution in [1.82, 2.24) is 0 Å². The Hall–Kier alpha value is -0.580. The molecule has 0 aliphatic heterocycles. The summed E-state index contributed by atoms with van der Waals surface area (Å²) < 4.78 is 22.3. The van der Waals surface area contributed by atoms with Gasteiger partial charge in [0.2, 0.25) is 0 Å². The second-order valence-corrected chi connectivity index (χ2v) is 6.36. The topological polar surface area (TPSA) is 71.4 Å². The van der Waals surface area contributed by atoms with E-state index in [0.29, 0.717) is 12.8 Å². The van der Waals surface area contributed by atoms with E-state index >= 15 is 0 Å². The zero-order chi connectivity index (χ0) is 10.8. The van der Waals surface area contributed by atoms with Gasteiger partial charge in [-0.2, -0.15) is 0 Å². The number of carbonyl (C=O) groups is 1. The largest absolute Gasteiger partial charge is 0.481 e. The number of carboxylic acids is 1. The Balaban J connectivity index is 2.87. The lowest BCUT2D eigenvalue weighted by Gasteiger charge is -2.32. The highest BCUT2D eigenvalue weighted by molar-refractivity contribution is 7.90. The summed E-state index contributed by atoms with van der Waals surface area (Å²) in [5.74, 6) is -1.17. The molecule has 1 fully saturated rings. The summed E-state index contributed by atoms with van der Waals surface area (Å²) in [4.78, 5) is 11.1. The van der Waals surface area contributed by atoms with Crippen molar-refractivity contribution >= 4 is 15.8 Å². The van der Waals surface area contributed by atoms with Crippen LogP contribution in [0.5, 0.6) is 0 Å². The molecule has 0 unspecified atom stereocenters. The molecule has 0 radical (unpaired) electrons. The predicted molar refractivity (Wildman–Crippen MR) is 52.9 cm³/mol. The van der Waals surface area contributed by atoms with E-state index in [1.807, 2.05) is 0 Å². The van der Waals surface area contributed by atoms with Crippen LogP contribution in [0.25, 0.3) is 0 Å². The Morgan fingerprint density at radius 2 is 1.79 bits per heavy atom. The van der Waals surface area contributed by atoms with Gasteiger partial charge in [-0.3, -0.25) is 4.79 Å². The molecule has 1 saturated carbocycles. The smallest absolute Gasteiger partial charge is 0.310 e. The van der Waals surface area contributed by atoms with Gasteiger partial charge in [-0.05, 0) is 12.8 Å². The second kappa shape index (κ2) is 3.88. The van der Waals surface area contributed by atoms with Gasteiger partial charge in [0.1, 0.15) is 9.84 Å². The maximum absolute atomic E-state index is 11.1. The van der Waals surface area contributed by atoms with E-state index in [-0.39, 0.29) is 5.75 Å². The monoisotopic (exact) mass is 220 g/mol. The van der Waals surface area contributed by atoms with Crippen molar-refractivity contribution in [2.24, 2.45) is 5.41 Å². The van der Waals surface area contributed by atoms with E-state index in [0.717, 1.165) is 25.5 Å². The van der Waals surface area contributed by atoms with Crippen LogP contribution in [0, 0.1) is 5.41 Å². The molecule has 0 spiro atoms. The summed E-state index contributed by atoms with van der Waals surface area (Å²) in [6.07, 6.45) is 4.75. The summed E-state index contributed by atoms with van der Waals surface area (Å²) in [7, 11) is -3.21. The minimum absolute atomic E-state index is 0.213. The van der Waals surface area contributed by atoms with Crippen LogP contribution in [0.1, 0.15) is 32.1 Å². The van der Waals surface area contributed by atoms with Crippen molar-refractivity contribution in [3.05, 3.63) is 0 Å². The predicted octanol–water partition coefficient (Wildman–Crippen LogP) is 1.07. The number of aliphatic carboxylic acids is 1. The molecule has 1 aliphatic carbocycles. The Morgan fingerprint density at radius 3 is 2.14 bits per heavy atom. The van der Waals surface area contributed by atoms with Crippen LogP contribution in [0.2, 0.25) is 0 Å². The lowest BCUT2D eigenvalue weighted by molar-refractivity contribution is -0.149. The Labute approximate surface area is 84.2 Å². The third kappa shape index (κ3) is 2.70. The molecule has 4 nitrogen and oxygen atoms in total. The first-order valence-electron chi connectivity index (χ1n) is 4.77. The number of hydrogen-bond donors (Lipinski definition) is 1. The fraction of sp³-hybridized carbons (Fsp3) is 0.889. The van der Waals surface area contributed by atoms with Crippen LogP contribution in [0.4, 0.5) is 0 Å². The summed E-state index contributed by atoms with van der Waals surface area (Å²) >= 11 is 0. The molecule has 0 bridgehead atoms. The van der Waals surface area contributed by atoms with E-state index in [9.17, 15) is 13.2 Å². The molecule has 0 heterocycles. The van der Waals surface area contributed by atoms with Gasteiger partial charge in [0, 0.05) is 6.26 Å². The van der Waals surface area contributed by atoms with Crippen molar-refractivity contribution in [2.75, 3.05) is 12.0 Å². The molecule has 0 aromatic carbocycles. The zero-order valence-corrected chi connectivity index (χ0v) is 9.14. The molecule has 0 atom stereocenters. The molecular weight excluding hydrogens is 204 g/mol. The minimum Gasteiger partial charge on any atom is -0.481 e. The average Bonchev–Trinajstić information content (AvgIpc) is 2.02. The number of carboxylic acid groups (broad SMARTS) is 1. The van der Waals surface area contributed by atoms with E-state index < -0.39 is 21.2 Å². The van der Waals surface area contributed by atoms with Crippen molar-refractivity contribution in [3.63, 3.8) is 0 Å². The van der Waals surface area contributed by atoms with Gasteiger partial charge >= 0.3 is 5.97 Å². The number of sulfone groups is 1. The van der Waals surface area contributed by atoms with Gasteiger partial charge in [0.15, 0.2) is 0 Å². The molecule has 5 heteroatoms. The summed E-state index contributed by atoms with van der Waals surface area (Å²) in [5.41, 5.74) is -1.01. The molecule has 1 rings (SSSR count). The van der Waals surface area contributed by atoms with E-state index in [1.165, 1.54) is 0 Å². The highest BCUT2D eigenvalue weighted by Crippen LogP contribution is 2.37. The van der Waals surface area contributed by atoms with Crippen LogP contribution in [0.3, 0.4) is 0 Å². The van der Waals surface area contributed by atoms with Gasteiger partial charge < -0.3 is 5.11 Å². The van der Waals surface area contributed by atoms with Crippen molar-refractivity contribution in [3.8, 4) is 0 Å². The van der Waals surface area contributed by atoms with Crippen molar-refractivity contribution in [2.45, 2.75) is 32.1 Å². The molecule has 1 N–H and O–H groups in total. The van der Waals surface area contributed by atoms with Crippen LogP contribution in [-0.2, 0) is 14.6 Å². The minimum atomic E-state index is -3.21. The van der Waals surface area contributed by atoms with Gasteiger partial charge in [-0.15, -0.1) is 0 Å². The summed E-state index contributed by atoms with van der Waals surface area (Å²) in [6, 6.07) is 0. The molecule has 0 saturated heterocycles. The van der Waals surface area contributed by atoms with Crippen molar-refractivity contribution < 1.29 is 18.3 Å². The standard InChI is InChI=1S/C9H16O4S/c1-14(12,13)7-9(8(10)11)5-3-2-4-6-9/h2-7H2,1H3,(H,10,11). The van der Waals surface area contributed by atoms with Gasteiger partial charge in [-0.25, -0.2) is 8.42 Å². The van der Waals surface area contributed by atoms with E-state index in [2.05, 4.69) is 0 Å². The highest BCUT2D eigenvalue weighted by Gasteiger charge is 2.42. The van der Waals surface area contributed by atoms with Crippen LogP contribution < -0.4 is 0 Å². The fourth-order valence-electron chi connectivity index (χ4n) is 2.15. The third-order valence-electron chi connectivity index (χ3n) is 2.80. The maximum Gasteiger partial charge on any atom is 0.310 e. The first-order chi connectivity index (χ1) is 6.36. The maximum atomic E-state index is 11.1. The first kappa shape index (κ1) is 11.5. The van der Waals surface area contributed by atoms with Crippen LogP contribution >= 0.6 is 0 Å². The highest BCUT2D eigenvalue weighted by atomic mass is 32.2. The van der Waals surface area contributed by atoms with Crippen LogP contribution in [-0.4, -0.2) is 31.5 Å². The summed E-state index contributed by atoms with van der Waals surface area (Å²) in [6.45, 7) is 0. The molecule has 0 amide bonds. The Morgan fingerprint density at radius 1 is 1.29 bits per heavy atom. The summed E-state index contributed by atoms with van der Waals surface area (Å²) in [5, 5.41) is 9.09. The van der Waals surface area contributed by atoms with E-state index in [1.54, 1.807) is 0 Å². The van der Waals surface area contributed by atoms with E-state index in [4.69, 9.17) is 5.11 Å². The number of rotatable bonds is 3. The van der Waals surface area contributed by atoms with Gasteiger partial charge in [0.25, 0.3) is 0 Å². The molecule has 0 aromatic heterocycles.